The zero-order valence-corrected chi connectivity index (χ0v) is 16.7. The number of rotatable bonds is 11. The SMILES string of the molecule is CCCCCCCc1cccc(NC)c1.CN.O=CCCOP(O)O. The van der Waals surface area contributed by atoms with E-state index in [1.807, 2.05) is 7.05 Å². The summed E-state index contributed by atoms with van der Waals surface area (Å²) in [5.41, 5.74) is 7.18. The van der Waals surface area contributed by atoms with E-state index < -0.39 is 8.60 Å². The highest BCUT2D eigenvalue weighted by Crippen LogP contribution is 2.23. The second-order valence-corrected chi connectivity index (χ2v) is 5.92. The summed E-state index contributed by atoms with van der Waals surface area (Å²) < 4.78 is 4.23. The van der Waals surface area contributed by atoms with Gasteiger partial charge in [-0.25, -0.2) is 0 Å². The van der Waals surface area contributed by atoms with E-state index in [0.29, 0.717) is 6.29 Å². The predicted octanol–water partition coefficient (Wildman–Crippen LogP) is 3.62. The van der Waals surface area contributed by atoms with Crippen molar-refractivity contribution in [3.63, 3.8) is 0 Å². The first kappa shape index (κ1) is 26.2. The van der Waals surface area contributed by atoms with E-state index in [4.69, 9.17) is 9.79 Å². The van der Waals surface area contributed by atoms with Crippen molar-refractivity contribution < 1.29 is 19.1 Å². The van der Waals surface area contributed by atoms with Crippen LogP contribution in [0.4, 0.5) is 5.69 Å². The van der Waals surface area contributed by atoms with Crippen molar-refractivity contribution in [1.29, 1.82) is 0 Å². The molecule has 6 nitrogen and oxygen atoms in total. The fourth-order valence-electron chi connectivity index (χ4n) is 2.00. The van der Waals surface area contributed by atoms with Crippen molar-refractivity contribution in [2.45, 2.75) is 51.9 Å². The monoisotopic (exact) mass is 374 g/mol. The Morgan fingerprint density at radius 2 is 1.88 bits per heavy atom. The molecule has 0 bridgehead atoms. The van der Waals surface area contributed by atoms with E-state index in [-0.39, 0.29) is 13.0 Å². The molecule has 0 aliphatic heterocycles. The summed E-state index contributed by atoms with van der Waals surface area (Å²) in [7, 11) is 1.20. The van der Waals surface area contributed by atoms with Crippen LogP contribution in [0, 0.1) is 0 Å². The number of carbonyl (C=O) groups is 1. The first-order chi connectivity index (χ1) is 12.1. The van der Waals surface area contributed by atoms with Crippen molar-refractivity contribution in [1.82, 2.24) is 0 Å². The predicted molar refractivity (Wildman–Crippen MR) is 107 cm³/mol. The number of aldehydes is 1. The number of benzene rings is 1. The first-order valence-electron chi connectivity index (χ1n) is 8.72. The summed E-state index contributed by atoms with van der Waals surface area (Å²) in [6, 6.07) is 8.72. The summed E-state index contributed by atoms with van der Waals surface area (Å²) in [4.78, 5) is 25.7. The third-order valence-corrected chi connectivity index (χ3v) is 3.64. The van der Waals surface area contributed by atoms with Gasteiger partial charge in [-0.05, 0) is 37.6 Å². The maximum absolute atomic E-state index is 9.55. The molecule has 0 unspecified atom stereocenters. The van der Waals surface area contributed by atoms with E-state index in [1.165, 1.54) is 56.8 Å². The van der Waals surface area contributed by atoms with Crippen LogP contribution >= 0.6 is 8.60 Å². The number of hydrogen-bond donors (Lipinski definition) is 4. The zero-order chi connectivity index (χ0) is 19.3. The Morgan fingerprint density at radius 1 is 1.20 bits per heavy atom. The van der Waals surface area contributed by atoms with Gasteiger partial charge in [0.15, 0.2) is 0 Å². The number of nitrogens with one attached hydrogen (secondary N) is 1. The molecule has 0 aliphatic carbocycles. The van der Waals surface area contributed by atoms with Crippen molar-refractivity contribution >= 4 is 20.6 Å². The number of hydrogen-bond acceptors (Lipinski definition) is 6. The smallest absolute Gasteiger partial charge is 0.327 e. The van der Waals surface area contributed by atoms with E-state index >= 15 is 0 Å². The molecule has 0 heterocycles. The Bertz CT molecular complexity index is 406. The Balaban J connectivity index is 0. The lowest BCUT2D eigenvalue weighted by Gasteiger charge is -2.04. The summed E-state index contributed by atoms with van der Waals surface area (Å²) in [5.74, 6) is 0. The lowest BCUT2D eigenvalue weighted by Crippen LogP contribution is -1.91. The third kappa shape index (κ3) is 19.1. The third-order valence-electron chi connectivity index (χ3n) is 3.23. The fraction of sp³-hybridized carbons (Fsp3) is 0.611. The largest absolute Gasteiger partial charge is 0.388 e. The van der Waals surface area contributed by atoms with Gasteiger partial charge in [-0.1, -0.05) is 44.7 Å². The number of nitrogens with two attached hydrogens (primary N) is 1. The molecule has 1 aromatic rings. The van der Waals surface area contributed by atoms with Crippen LogP contribution in [0.2, 0.25) is 0 Å². The molecule has 25 heavy (non-hydrogen) atoms. The van der Waals surface area contributed by atoms with E-state index in [1.54, 1.807) is 0 Å². The molecule has 0 saturated heterocycles. The van der Waals surface area contributed by atoms with Gasteiger partial charge >= 0.3 is 8.60 Å². The van der Waals surface area contributed by atoms with Gasteiger partial charge in [0.1, 0.15) is 6.29 Å². The zero-order valence-electron chi connectivity index (χ0n) is 15.8. The molecule has 0 fully saturated rings. The van der Waals surface area contributed by atoms with Crippen LogP contribution in [0.15, 0.2) is 24.3 Å². The van der Waals surface area contributed by atoms with Gasteiger partial charge in [0, 0.05) is 19.2 Å². The fourth-order valence-corrected chi connectivity index (χ4v) is 2.27. The standard InChI is InChI=1S/C14H23N.C3H7O4P.CH5N/c1-3-4-5-6-7-9-13-10-8-11-14(12-13)15-2;4-2-1-3-7-8(5)6;1-2/h8,10-12,15H,3-7,9H2,1-2H3;2,5-6H,1,3H2;2H2,1H3. The molecule has 0 aromatic heterocycles. The number of anilines is 1. The summed E-state index contributed by atoms with van der Waals surface area (Å²) in [6.45, 7) is 2.35. The van der Waals surface area contributed by atoms with Gasteiger partial charge < -0.3 is 30.2 Å². The van der Waals surface area contributed by atoms with Crippen molar-refractivity contribution in [2.24, 2.45) is 5.73 Å². The summed E-state index contributed by atoms with van der Waals surface area (Å²) in [5, 5.41) is 3.18. The van der Waals surface area contributed by atoms with Gasteiger partial charge in [0.05, 0.1) is 6.61 Å². The minimum absolute atomic E-state index is 0.0855. The lowest BCUT2D eigenvalue weighted by atomic mass is 10.1. The Kier molecular flexibility index (Phi) is 22.0. The Hall–Kier alpha value is -1.04. The second-order valence-electron chi connectivity index (χ2n) is 5.16. The van der Waals surface area contributed by atoms with Crippen LogP contribution in [0.5, 0.6) is 0 Å². The topological polar surface area (TPSA) is 105 Å². The summed E-state index contributed by atoms with van der Waals surface area (Å²) >= 11 is 0. The molecule has 0 amide bonds. The van der Waals surface area contributed by atoms with Crippen molar-refractivity contribution in [3.05, 3.63) is 29.8 Å². The van der Waals surface area contributed by atoms with Gasteiger partial charge in [0.2, 0.25) is 0 Å². The number of aryl methyl sites for hydroxylation is 1. The van der Waals surface area contributed by atoms with Crippen LogP contribution in [0.3, 0.4) is 0 Å². The molecule has 146 valence electrons. The summed E-state index contributed by atoms with van der Waals surface area (Å²) in [6.07, 6.45) is 8.89. The van der Waals surface area contributed by atoms with Crippen molar-refractivity contribution in [2.75, 3.05) is 26.0 Å². The lowest BCUT2D eigenvalue weighted by molar-refractivity contribution is -0.108. The first-order valence-corrected chi connectivity index (χ1v) is 9.89. The molecule has 1 rings (SSSR count). The molecule has 0 spiro atoms. The minimum Gasteiger partial charge on any atom is -0.388 e. The molecule has 5 N–H and O–H groups in total. The quantitative estimate of drug-likeness (QED) is 0.268. The maximum atomic E-state index is 9.55. The number of unbranched alkanes of at least 4 members (excludes halogenated alkanes) is 4. The van der Waals surface area contributed by atoms with E-state index in [2.05, 4.69) is 46.8 Å². The van der Waals surface area contributed by atoms with Crippen LogP contribution < -0.4 is 11.1 Å². The second kappa shape index (κ2) is 21.0. The van der Waals surface area contributed by atoms with E-state index in [9.17, 15) is 4.79 Å². The highest BCUT2D eigenvalue weighted by Gasteiger charge is 1.96. The minimum atomic E-state index is -2.27. The van der Waals surface area contributed by atoms with Crippen LogP contribution in [-0.2, 0) is 15.7 Å². The Labute approximate surface area is 153 Å². The molecule has 0 radical (unpaired) electrons. The van der Waals surface area contributed by atoms with Crippen LogP contribution in [-0.4, -0.2) is 36.8 Å². The Morgan fingerprint density at radius 3 is 2.44 bits per heavy atom. The highest BCUT2D eigenvalue weighted by molar-refractivity contribution is 7.39. The maximum Gasteiger partial charge on any atom is 0.327 e. The normalized spacial score (nSPS) is 9.56. The average Bonchev–Trinajstić information content (AvgIpc) is 2.64. The van der Waals surface area contributed by atoms with Gasteiger partial charge in [-0.3, -0.25) is 0 Å². The molecule has 7 heteroatoms. The highest BCUT2D eigenvalue weighted by atomic mass is 31.2. The average molecular weight is 374 g/mol. The molecule has 0 saturated carbocycles. The molecular weight excluding hydrogens is 339 g/mol. The molecule has 0 atom stereocenters. The molecular formula is C18H35N2O4P. The van der Waals surface area contributed by atoms with Crippen LogP contribution in [0.25, 0.3) is 0 Å². The molecule has 0 aliphatic rings. The van der Waals surface area contributed by atoms with Crippen LogP contribution in [0.1, 0.15) is 51.0 Å². The van der Waals surface area contributed by atoms with Gasteiger partial charge in [-0.15, -0.1) is 0 Å². The van der Waals surface area contributed by atoms with Crippen molar-refractivity contribution in [3.8, 4) is 0 Å². The van der Waals surface area contributed by atoms with Gasteiger partial charge in [-0.2, -0.15) is 0 Å². The number of carbonyl (C=O) groups excluding carboxylic acids is 1. The van der Waals surface area contributed by atoms with Gasteiger partial charge in [0.25, 0.3) is 0 Å². The molecule has 1 aromatic carbocycles. The van der Waals surface area contributed by atoms with E-state index in [0.717, 1.165) is 0 Å².